The molecule has 4 nitrogen and oxygen atoms in total. The molecule has 2 N–H and O–H groups in total. The molecular weight excluding hydrogens is 307 g/mol. The molecule has 1 atom stereocenters. The maximum Gasteiger partial charge on any atom is 0.205 e. The van der Waals surface area contributed by atoms with Crippen LogP contribution in [0.2, 0.25) is 5.02 Å². The van der Waals surface area contributed by atoms with E-state index in [0.717, 1.165) is 0 Å². The predicted molar refractivity (Wildman–Crippen MR) is 77.9 cm³/mol. The van der Waals surface area contributed by atoms with Crippen molar-refractivity contribution in [2.75, 3.05) is 0 Å². The molecule has 0 saturated heterocycles. The molecule has 1 aromatic rings. The Bertz CT molecular complexity index is 757. The van der Waals surface area contributed by atoms with E-state index < -0.39 is 11.7 Å². The second-order valence-corrected chi connectivity index (χ2v) is 5.58. The highest BCUT2D eigenvalue weighted by molar-refractivity contribution is 6.31. The third-order valence-corrected chi connectivity index (χ3v) is 4.22. The lowest BCUT2D eigenvalue weighted by Gasteiger charge is -2.31. The zero-order valence-corrected chi connectivity index (χ0v) is 12.3. The van der Waals surface area contributed by atoms with E-state index in [1.54, 1.807) is 0 Å². The minimum Gasteiger partial charge on any atom is -0.444 e. The van der Waals surface area contributed by atoms with Crippen molar-refractivity contribution < 1.29 is 13.9 Å². The third-order valence-electron chi connectivity index (χ3n) is 3.89. The van der Waals surface area contributed by atoms with Crippen LogP contribution in [0.3, 0.4) is 0 Å². The van der Waals surface area contributed by atoms with Crippen LogP contribution < -0.4 is 5.73 Å². The molecule has 22 heavy (non-hydrogen) atoms. The van der Waals surface area contributed by atoms with E-state index in [4.69, 9.17) is 22.1 Å². The first kappa shape index (κ1) is 14.6. The zero-order chi connectivity index (χ0) is 15.9. The van der Waals surface area contributed by atoms with E-state index in [1.807, 2.05) is 6.07 Å². The van der Waals surface area contributed by atoms with Crippen molar-refractivity contribution in [3.63, 3.8) is 0 Å². The first-order valence-electron chi connectivity index (χ1n) is 6.82. The van der Waals surface area contributed by atoms with Crippen molar-refractivity contribution in [3.8, 4) is 6.07 Å². The number of nitrogens with two attached hydrogens (primary N) is 1. The van der Waals surface area contributed by atoms with Gasteiger partial charge in [0.15, 0.2) is 5.78 Å². The van der Waals surface area contributed by atoms with E-state index in [0.29, 0.717) is 30.6 Å². The van der Waals surface area contributed by atoms with Crippen molar-refractivity contribution in [3.05, 3.63) is 57.4 Å². The SMILES string of the molecule is N#CC1=C(N)OC2=C(C(=O)CCC2)C1c1c(F)cccc1Cl. The lowest BCUT2D eigenvalue weighted by Crippen LogP contribution is -2.28. The van der Waals surface area contributed by atoms with Crippen LogP contribution in [-0.4, -0.2) is 5.78 Å². The highest BCUT2D eigenvalue weighted by Crippen LogP contribution is 2.45. The van der Waals surface area contributed by atoms with Gasteiger partial charge in [-0.3, -0.25) is 4.79 Å². The minimum absolute atomic E-state index is 0.0148. The van der Waals surface area contributed by atoms with Gasteiger partial charge in [0.2, 0.25) is 5.88 Å². The Morgan fingerprint density at radius 2 is 2.18 bits per heavy atom. The Balaban J connectivity index is 2.28. The fourth-order valence-electron chi connectivity index (χ4n) is 2.93. The molecule has 0 bridgehead atoms. The predicted octanol–water partition coefficient (Wildman–Crippen LogP) is 3.29. The molecule has 2 aliphatic rings. The molecule has 3 rings (SSSR count). The Morgan fingerprint density at radius 1 is 1.41 bits per heavy atom. The van der Waals surface area contributed by atoms with Crippen LogP contribution in [0.4, 0.5) is 4.39 Å². The van der Waals surface area contributed by atoms with Crippen LogP contribution in [-0.2, 0) is 9.53 Å². The van der Waals surface area contributed by atoms with Gasteiger partial charge in [-0.05, 0) is 18.6 Å². The highest BCUT2D eigenvalue weighted by atomic mass is 35.5. The summed E-state index contributed by atoms with van der Waals surface area (Å²) >= 11 is 6.12. The summed E-state index contributed by atoms with van der Waals surface area (Å²) < 4.78 is 19.7. The highest BCUT2D eigenvalue weighted by Gasteiger charge is 2.40. The molecule has 1 heterocycles. The van der Waals surface area contributed by atoms with E-state index in [-0.39, 0.29) is 27.8 Å². The molecule has 6 heteroatoms. The fraction of sp³-hybridized carbons (Fsp3) is 0.250. The number of hydrogen-bond acceptors (Lipinski definition) is 4. The van der Waals surface area contributed by atoms with E-state index in [1.165, 1.54) is 18.2 Å². The molecule has 112 valence electrons. The smallest absolute Gasteiger partial charge is 0.205 e. The Morgan fingerprint density at radius 3 is 2.86 bits per heavy atom. The number of rotatable bonds is 1. The van der Waals surface area contributed by atoms with Gasteiger partial charge in [0, 0.05) is 29.0 Å². The summed E-state index contributed by atoms with van der Waals surface area (Å²) in [6, 6.07) is 6.17. The largest absolute Gasteiger partial charge is 0.444 e. The third kappa shape index (κ3) is 2.16. The van der Waals surface area contributed by atoms with Gasteiger partial charge in [-0.25, -0.2) is 4.39 Å². The molecule has 0 spiro atoms. The number of ether oxygens (including phenoxy) is 1. The summed E-state index contributed by atoms with van der Waals surface area (Å²) in [7, 11) is 0. The Kier molecular flexibility index (Phi) is 3.63. The molecular formula is C16H12ClFN2O2. The average molecular weight is 319 g/mol. The van der Waals surface area contributed by atoms with Gasteiger partial charge in [-0.2, -0.15) is 5.26 Å². The standard InChI is InChI=1S/C16H12ClFN2O2/c17-9-3-1-4-10(18)14(9)13-8(7-19)16(20)22-12-6-2-5-11(21)15(12)13/h1,3-4,13H,2,5-6,20H2. The molecule has 1 aliphatic heterocycles. The monoisotopic (exact) mass is 318 g/mol. The second kappa shape index (κ2) is 5.47. The summed E-state index contributed by atoms with van der Waals surface area (Å²) in [6.45, 7) is 0. The summed E-state index contributed by atoms with van der Waals surface area (Å²) in [5.41, 5.74) is 6.20. The number of halogens is 2. The number of carbonyl (C=O) groups is 1. The molecule has 1 unspecified atom stereocenters. The van der Waals surface area contributed by atoms with Crippen LogP contribution in [0.25, 0.3) is 0 Å². The van der Waals surface area contributed by atoms with Gasteiger partial charge in [0.25, 0.3) is 0 Å². The molecule has 0 aromatic heterocycles. The zero-order valence-electron chi connectivity index (χ0n) is 11.5. The van der Waals surface area contributed by atoms with Crippen molar-refractivity contribution in [1.29, 1.82) is 5.26 Å². The lowest BCUT2D eigenvalue weighted by atomic mass is 9.77. The number of nitriles is 1. The Labute approximate surface area is 131 Å². The van der Waals surface area contributed by atoms with Crippen molar-refractivity contribution in [2.45, 2.75) is 25.2 Å². The normalized spacial score (nSPS) is 21.3. The molecule has 0 amide bonds. The minimum atomic E-state index is -0.907. The number of nitrogens with zero attached hydrogens (tertiary/aromatic N) is 1. The van der Waals surface area contributed by atoms with Crippen LogP contribution in [0.15, 0.2) is 41.0 Å². The van der Waals surface area contributed by atoms with Gasteiger partial charge >= 0.3 is 0 Å². The number of hydrogen-bond donors (Lipinski definition) is 1. The van der Waals surface area contributed by atoms with Crippen LogP contribution in [0.1, 0.15) is 30.7 Å². The molecule has 0 radical (unpaired) electrons. The summed E-state index contributed by atoms with van der Waals surface area (Å²) in [5, 5.41) is 9.53. The summed E-state index contributed by atoms with van der Waals surface area (Å²) in [6.07, 6.45) is 1.51. The second-order valence-electron chi connectivity index (χ2n) is 5.17. The quantitative estimate of drug-likeness (QED) is 0.862. The van der Waals surface area contributed by atoms with Crippen molar-refractivity contribution >= 4 is 17.4 Å². The molecule has 1 aliphatic carbocycles. The number of Topliss-reactive ketones (excluding diaryl/α,β-unsaturated/α-hetero) is 1. The summed E-state index contributed by atoms with van der Waals surface area (Å²) in [5.74, 6) is -1.33. The maximum atomic E-state index is 14.3. The van der Waals surface area contributed by atoms with E-state index in [2.05, 4.69) is 0 Å². The van der Waals surface area contributed by atoms with E-state index in [9.17, 15) is 14.4 Å². The number of carbonyl (C=O) groups excluding carboxylic acids is 1. The van der Waals surface area contributed by atoms with Crippen LogP contribution in [0.5, 0.6) is 0 Å². The van der Waals surface area contributed by atoms with Crippen LogP contribution in [0, 0.1) is 17.1 Å². The molecule has 0 saturated carbocycles. The fourth-order valence-corrected chi connectivity index (χ4v) is 3.20. The molecule has 1 aromatic carbocycles. The van der Waals surface area contributed by atoms with Crippen molar-refractivity contribution in [2.24, 2.45) is 5.73 Å². The van der Waals surface area contributed by atoms with Crippen LogP contribution >= 0.6 is 11.6 Å². The van der Waals surface area contributed by atoms with E-state index >= 15 is 0 Å². The Hall–Kier alpha value is -2.32. The molecule has 0 fully saturated rings. The first-order chi connectivity index (χ1) is 10.5. The van der Waals surface area contributed by atoms with Gasteiger partial charge in [-0.1, -0.05) is 17.7 Å². The van der Waals surface area contributed by atoms with Gasteiger partial charge in [0.1, 0.15) is 23.2 Å². The van der Waals surface area contributed by atoms with Crippen molar-refractivity contribution in [1.82, 2.24) is 0 Å². The summed E-state index contributed by atoms with van der Waals surface area (Å²) in [4.78, 5) is 12.3. The first-order valence-corrected chi connectivity index (χ1v) is 7.20. The van der Waals surface area contributed by atoms with Gasteiger partial charge in [-0.15, -0.1) is 0 Å². The topological polar surface area (TPSA) is 76.1 Å². The van der Waals surface area contributed by atoms with Gasteiger partial charge < -0.3 is 10.5 Å². The maximum absolute atomic E-state index is 14.3. The van der Waals surface area contributed by atoms with Gasteiger partial charge in [0.05, 0.1) is 5.92 Å². The number of allylic oxidation sites excluding steroid dienone is 3. The lowest BCUT2D eigenvalue weighted by molar-refractivity contribution is -0.116. The average Bonchev–Trinajstić information content (AvgIpc) is 2.46. The number of ketones is 1. The number of benzene rings is 1.